The molecule has 3 fully saturated rings. The van der Waals surface area contributed by atoms with Crippen molar-refractivity contribution in [3.8, 4) is 0 Å². The number of esters is 1. The van der Waals surface area contributed by atoms with Crippen molar-refractivity contribution < 1.29 is 24.2 Å². The van der Waals surface area contributed by atoms with Crippen molar-refractivity contribution in [1.29, 1.82) is 0 Å². The number of carbonyl (C=O) groups is 3. The van der Waals surface area contributed by atoms with E-state index >= 15 is 0 Å². The molecule has 3 aliphatic heterocycles. The van der Waals surface area contributed by atoms with Gasteiger partial charge in [0.2, 0.25) is 11.8 Å². The lowest BCUT2D eigenvalue weighted by atomic mass is 9.66. The standard InChI is InChI=1S/C31H50N2O5S/c1-7-11-13-15-18-38-30(37)25-24-19-22(6)31(39-24)26(25)28(35)33(23(20-34)21(5)10-4)27(31)29(36)32(16-9-3)17-14-12-8-2/h7,9,21-27,34H,1,3,8,10-20H2,2,4-6H3/t21-,22?,23-,24-,25+,26-,27?,31?/m0/s1. The molecule has 0 aliphatic carbocycles. The van der Waals surface area contributed by atoms with Gasteiger partial charge in [0, 0.05) is 18.3 Å². The minimum absolute atomic E-state index is 0.00481. The molecule has 3 heterocycles. The van der Waals surface area contributed by atoms with Crippen molar-refractivity contribution in [2.75, 3.05) is 26.3 Å². The summed E-state index contributed by atoms with van der Waals surface area (Å²) in [6.45, 7) is 17.1. The number of amides is 2. The summed E-state index contributed by atoms with van der Waals surface area (Å²) < 4.78 is 5.02. The summed E-state index contributed by atoms with van der Waals surface area (Å²) >= 11 is 1.66. The Labute approximate surface area is 239 Å². The number of allylic oxidation sites excluding steroid dienone is 1. The fourth-order valence-corrected chi connectivity index (χ4v) is 9.40. The molecule has 220 valence electrons. The molecule has 0 saturated carbocycles. The Morgan fingerprint density at radius 1 is 1.23 bits per heavy atom. The largest absolute Gasteiger partial charge is 0.465 e. The Morgan fingerprint density at radius 3 is 2.59 bits per heavy atom. The lowest BCUT2D eigenvalue weighted by Gasteiger charge is -2.43. The zero-order valence-electron chi connectivity index (χ0n) is 24.5. The normalized spacial score (nSPS) is 30.6. The molecule has 7 nitrogen and oxygen atoms in total. The van der Waals surface area contributed by atoms with E-state index in [0.29, 0.717) is 19.7 Å². The highest BCUT2D eigenvalue weighted by atomic mass is 32.2. The van der Waals surface area contributed by atoms with E-state index in [1.54, 1.807) is 22.7 Å². The van der Waals surface area contributed by atoms with Crippen molar-refractivity contribution in [3.63, 3.8) is 0 Å². The summed E-state index contributed by atoms with van der Waals surface area (Å²) in [7, 11) is 0. The quantitative estimate of drug-likeness (QED) is 0.155. The Bertz CT molecular complexity index is 896. The highest BCUT2D eigenvalue weighted by Crippen LogP contribution is 2.69. The van der Waals surface area contributed by atoms with E-state index in [1.165, 1.54) is 0 Å². The number of aliphatic hydroxyl groups is 1. The number of carbonyl (C=O) groups excluding carboxylic acids is 3. The number of hydrogen-bond donors (Lipinski definition) is 1. The summed E-state index contributed by atoms with van der Waals surface area (Å²) in [5.41, 5.74) is 0. The first-order valence-electron chi connectivity index (χ1n) is 15.0. The van der Waals surface area contributed by atoms with E-state index in [4.69, 9.17) is 4.74 Å². The first-order valence-corrected chi connectivity index (χ1v) is 15.9. The van der Waals surface area contributed by atoms with E-state index in [0.717, 1.165) is 51.4 Å². The van der Waals surface area contributed by atoms with Crippen molar-refractivity contribution >= 4 is 29.5 Å². The molecule has 0 aromatic heterocycles. The van der Waals surface area contributed by atoms with Gasteiger partial charge in [-0.1, -0.05) is 59.1 Å². The molecule has 2 amide bonds. The van der Waals surface area contributed by atoms with Gasteiger partial charge in [-0.15, -0.1) is 24.9 Å². The number of fused-ring (bicyclic) bond motifs is 1. The van der Waals surface area contributed by atoms with Crippen LogP contribution >= 0.6 is 11.8 Å². The zero-order valence-corrected chi connectivity index (χ0v) is 25.3. The monoisotopic (exact) mass is 562 g/mol. The summed E-state index contributed by atoms with van der Waals surface area (Å²) in [5.74, 6) is -1.68. The van der Waals surface area contributed by atoms with Crippen LogP contribution in [0, 0.1) is 23.7 Å². The fourth-order valence-electron chi connectivity index (χ4n) is 7.01. The minimum atomic E-state index is -0.724. The smallest absolute Gasteiger partial charge is 0.310 e. The number of hydrogen-bond acceptors (Lipinski definition) is 6. The third-order valence-corrected chi connectivity index (χ3v) is 11.4. The average Bonchev–Trinajstić information content (AvgIpc) is 3.52. The number of aliphatic hydroxyl groups excluding tert-OH is 1. The summed E-state index contributed by atoms with van der Waals surface area (Å²) in [5, 5.41) is 10.5. The molecule has 2 bridgehead atoms. The van der Waals surface area contributed by atoms with Gasteiger partial charge in [0.15, 0.2) is 0 Å². The number of thioether (sulfide) groups is 1. The molecule has 3 unspecified atom stereocenters. The van der Waals surface area contributed by atoms with E-state index in [2.05, 4.69) is 27.0 Å². The van der Waals surface area contributed by atoms with Crippen molar-refractivity contribution in [1.82, 2.24) is 9.80 Å². The number of nitrogens with zero attached hydrogens (tertiary/aromatic N) is 2. The SMILES string of the molecule is C=CCCCCOC(=O)[C@@H]1[C@@H]2CC(C)C3(S2)C(C(=O)N(CC=C)CCCCC)N([C@@H](CO)[C@@H](C)CC)C(=O)[C@H]13. The van der Waals surface area contributed by atoms with Crippen molar-refractivity contribution in [3.05, 3.63) is 25.3 Å². The lowest BCUT2D eigenvalue weighted by Crippen LogP contribution is -2.60. The summed E-state index contributed by atoms with van der Waals surface area (Å²) in [6.07, 6.45) is 10.6. The maximum absolute atomic E-state index is 14.5. The molecular weight excluding hydrogens is 512 g/mol. The Hall–Kier alpha value is -1.80. The zero-order chi connectivity index (χ0) is 28.7. The molecule has 0 aromatic rings. The number of likely N-dealkylation sites (tertiary alicyclic amines) is 1. The van der Waals surface area contributed by atoms with E-state index in [-0.39, 0.29) is 41.5 Å². The summed E-state index contributed by atoms with van der Waals surface area (Å²) in [4.78, 5) is 46.0. The van der Waals surface area contributed by atoms with Crippen LogP contribution in [0.5, 0.6) is 0 Å². The fraction of sp³-hybridized carbons (Fsp3) is 0.774. The van der Waals surface area contributed by atoms with Gasteiger partial charge < -0.3 is 19.6 Å². The maximum atomic E-state index is 14.5. The molecule has 8 atom stereocenters. The minimum Gasteiger partial charge on any atom is -0.465 e. The van der Waals surface area contributed by atoms with Gasteiger partial charge in [-0.3, -0.25) is 14.4 Å². The topological polar surface area (TPSA) is 87.2 Å². The number of rotatable bonds is 17. The van der Waals surface area contributed by atoms with Gasteiger partial charge in [-0.25, -0.2) is 0 Å². The van der Waals surface area contributed by atoms with Gasteiger partial charge in [0.25, 0.3) is 0 Å². The number of unbranched alkanes of at least 4 members (excludes halogenated alkanes) is 4. The third-order valence-electron chi connectivity index (χ3n) is 9.27. The molecule has 39 heavy (non-hydrogen) atoms. The Balaban J connectivity index is 2.01. The predicted octanol–water partition coefficient (Wildman–Crippen LogP) is 4.83. The molecule has 3 rings (SSSR count). The van der Waals surface area contributed by atoms with Gasteiger partial charge in [0.1, 0.15) is 6.04 Å². The first kappa shape index (κ1) is 31.7. The molecule has 1 spiro atoms. The molecule has 0 aromatic carbocycles. The predicted molar refractivity (Wildman–Crippen MR) is 157 cm³/mol. The van der Waals surface area contributed by atoms with Crippen LogP contribution in [0.25, 0.3) is 0 Å². The van der Waals surface area contributed by atoms with Crippen LogP contribution in [0.3, 0.4) is 0 Å². The van der Waals surface area contributed by atoms with Gasteiger partial charge in [-0.05, 0) is 43.9 Å². The molecule has 8 heteroatoms. The van der Waals surface area contributed by atoms with Crippen LogP contribution in [0.1, 0.15) is 79.1 Å². The van der Waals surface area contributed by atoms with Crippen LogP contribution < -0.4 is 0 Å². The lowest BCUT2D eigenvalue weighted by molar-refractivity contribution is -0.155. The molecular formula is C31H50N2O5S. The second-order valence-electron chi connectivity index (χ2n) is 11.7. The molecule has 3 saturated heterocycles. The molecule has 1 N–H and O–H groups in total. The van der Waals surface area contributed by atoms with Crippen molar-refractivity contribution in [2.45, 2.75) is 101 Å². The highest BCUT2D eigenvalue weighted by molar-refractivity contribution is 8.02. The van der Waals surface area contributed by atoms with E-state index < -0.39 is 28.7 Å². The van der Waals surface area contributed by atoms with E-state index in [9.17, 15) is 19.5 Å². The maximum Gasteiger partial charge on any atom is 0.310 e. The van der Waals surface area contributed by atoms with Crippen LogP contribution in [0.2, 0.25) is 0 Å². The summed E-state index contributed by atoms with van der Waals surface area (Å²) in [6, 6.07) is -1.21. The van der Waals surface area contributed by atoms with Gasteiger partial charge in [0.05, 0.1) is 35.8 Å². The Morgan fingerprint density at radius 2 is 1.97 bits per heavy atom. The van der Waals surface area contributed by atoms with Crippen LogP contribution in [0.15, 0.2) is 25.3 Å². The van der Waals surface area contributed by atoms with Gasteiger partial charge >= 0.3 is 5.97 Å². The van der Waals surface area contributed by atoms with Gasteiger partial charge in [-0.2, -0.15) is 0 Å². The van der Waals surface area contributed by atoms with E-state index in [1.807, 2.05) is 24.8 Å². The first-order chi connectivity index (χ1) is 18.7. The second kappa shape index (κ2) is 14.2. The molecule has 0 radical (unpaired) electrons. The van der Waals surface area contributed by atoms with Crippen molar-refractivity contribution in [2.24, 2.45) is 23.7 Å². The molecule has 3 aliphatic rings. The number of ether oxygens (including phenoxy) is 1. The van der Waals surface area contributed by atoms with Crippen LogP contribution in [0.4, 0.5) is 0 Å². The van der Waals surface area contributed by atoms with Crippen LogP contribution in [-0.2, 0) is 19.1 Å². The average molecular weight is 563 g/mol. The second-order valence-corrected chi connectivity index (χ2v) is 13.2. The van der Waals surface area contributed by atoms with Crippen LogP contribution in [-0.4, -0.2) is 81.1 Å². The Kier molecular flexibility index (Phi) is 11.6. The highest BCUT2D eigenvalue weighted by Gasteiger charge is 2.77. The third kappa shape index (κ3) is 5.97.